The highest BCUT2D eigenvalue weighted by Crippen LogP contribution is 2.36. The van der Waals surface area contributed by atoms with Gasteiger partial charge in [0.15, 0.2) is 11.9 Å². The van der Waals surface area contributed by atoms with Crippen molar-refractivity contribution in [1.82, 2.24) is 0 Å². The van der Waals surface area contributed by atoms with Gasteiger partial charge in [-0.15, -0.1) is 0 Å². The number of carbonyl (C=O) groups is 1. The Morgan fingerprint density at radius 2 is 1.93 bits per heavy atom. The lowest BCUT2D eigenvalue weighted by Gasteiger charge is -2.22. The molecule has 1 unspecified atom stereocenters. The SMILES string of the molecule is CCOC(=O)C1OC(C)(C)OC1(C)C. The molecule has 1 heterocycles. The van der Waals surface area contributed by atoms with Crippen molar-refractivity contribution in [3.05, 3.63) is 0 Å². The van der Waals surface area contributed by atoms with Crippen LogP contribution in [0.2, 0.25) is 0 Å². The summed E-state index contributed by atoms with van der Waals surface area (Å²) in [6, 6.07) is 0. The number of carbonyl (C=O) groups excluding carboxylic acids is 1. The van der Waals surface area contributed by atoms with Gasteiger partial charge in [-0.3, -0.25) is 0 Å². The molecule has 0 amide bonds. The Kier molecular flexibility index (Phi) is 2.88. The zero-order valence-electron chi connectivity index (χ0n) is 9.42. The fourth-order valence-corrected chi connectivity index (χ4v) is 1.69. The van der Waals surface area contributed by atoms with E-state index in [4.69, 9.17) is 14.2 Å². The first-order valence-corrected chi connectivity index (χ1v) is 4.83. The van der Waals surface area contributed by atoms with Crippen molar-refractivity contribution in [3.8, 4) is 0 Å². The molecular weight excluding hydrogens is 184 g/mol. The second-order valence-electron chi connectivity index (χ2n) is 4.36. The third-order valence-electron chi connectivity index (χ3n) is 2.04. The van der Waals surface area contributed by atoms with Crippen molar-refractivity contribution < 1.29 is 19.0 Å². The molecular formula is C10H18O4. The lowest BCUT2D eigenvalue weighted by Crippen LogP contribution is -2.40. The summed E-state index contributed by atoms with van der Waals surface area (Å²) in [6.45, 7) is 9.34. The van der Waals surface area contributed by atoms with Gasteiger partial charge in [0.2, 0.25) is 0 Å². The Morgan fingerprint density at radius 3 is 2.29 bits per heavy atom. The van der Waals surface area contributed by atoms with E-state index in [0.29, 0.717) is 6.61 Å². The Bertz CT molecular complexity index is 232. The molecule has 1 atom stereocenters. The quantitative estimate of drug-likeness (QED) is 0.636. The van der Waals surface area contributed by atoms with Gasteiger partial charge in [0.05, 0.1) is 6.61 Å². The van der Waals surface area contributed by atoms with Crippen molar-refractivity contribution >= 4 is 5.97 Å². The molecule has 0 aromatic heterocycles. The molecule has 82 valence electrons. The number of hydrogen-bond donors (Lipinski definition) is 0. The predicted molar refractivity (Wildman–Crippen MR) is 50.7 cm³/mol. The molecule has 1 fully saturated rings. The van der Waals surface area contributed by atoms with Crippen LogP contribution in [0, 0.1) is 0 Å². The Hall–Kier alpha value is -0.610. The molecule has 0 aliphatic carbocycles. The summed E-state index contributed by atoms with van der Waals surface area (Å²) < 4.78 is 16.0. The maximum atomic E-state index is 11.5. The van der Waals surface area contributed by atoms with Crippen molar-refractivity contribution in [2.45, 2.75) is 52.1 Å². The van der Waals surface area contributed by atoms with Crippen LogP contribution in [0.3, 0.4) is 0 Å². The predicted octanol–water partition coefficient (Wildman–Crippen LogP) is 1.48. The smallest absolute Gasteiger partial charge is 0.338 e. The number of ether oxygens (including phenoxy) is 3. The summed E-state index contributed by atoms with van der Waals surface area (Å²) in [7, 11) is 0. The van der Waals surface area contributed by atoms with Gasteiger partial charge in [0.1, 0.15) is 5.60 Å². The van der Waals surface area contributed by atoms with Crippen molar-refractivity contribution in [3.63, 3.8) is 0 Å². The summed E-state index contributed by atoms with van der Waals surface area (Å²) in [6.07, 6.45) is -0.641. The molecule has 0 spiro atoms. The van der Waals surface area contributed by atoms with Gasteiger partial charge in [-0.2, -0.15) is 0 Å². The second-order valence-corrected chi connectivity index (χ2v) is 4.36. The normalized spacial score (nSPS) is 28.8. The second kappa shape index (κ2) is 3.51. The molecule has 14 heavy (non-hydrogen) atoms. The minimum Gasteiger partial charge on any atom is -0.464 e. The molecule has 1 saturated heterocycles. The zero-order chi connectivity index (χ0) is 11.0. The van der Waals surface area contributed by atoms with Crippen LogP contribution in [-0.4, -0.2) is 30.1 Å². The van der Waals surface area contributed by atoms with Gasteiger partial charge in [0, 0.05) is 0 Å². The molecule has 0 radical (unpaired) electrons. The molecule has 0 aromatic carbocycles. The van der Waals surface area contributed by atoms with E-state index in [1.165, 1.54) is 0 Å². The summed E-state index contributed by atoms with van der Waals surface area (Å²) in [5, 5.41) is 0. The molecule has 0 aromatic rings. The Morgan fingerprint density at radius 1 is 1.36 bits per heavy atom. The Balaban J connectivity index is 2.75. The van der Waals surface area contributed by atoms with Crippen molar-refractivity contribution in [2.75, 3.05) is 6.61 Å². The Labute approximate surface area is 84.5 Å². The van der Waals surface area contributed by atoms with Gasteiger partial charge in [-0.25, -0.2) is 4.79 Å². The highest BCUT2D eigenvalue weighted by Gasteiger charge is 2.51. The number of rotatable bonds is 2. The largest absolute Gasteiger partial charge is 0.464 e. The minimum absolute atomic E-state index is 0.356. The van der Waals surface area contributed by atoms with Crippen LogP contribution in [0.1, 0.15) is 34.6 Å². The molecule has 0 bridgehead atoms. The van der Waals surface area contributed by atoms with E-state index < -0.39 is 17.5 Å². The lowest BCUT2D eigenvalue weighted by atomic mass is 10.0. The van der Waals surface area contributed by atoms with E-state index in [9.17, 15) is 4.79 Å². The summed E-state index contributed by atoms with van der Waals surface area (Å²) in [4.78, 5) is 11.5. The fraction of sp³-hybridized carbons (Fsp3) is 0.900. The minimum atomic E-state index is -0.721. The number of esters is 1. The summed E-state index contributed by atoms with van der Waals surface area (Å²) in [5.41, 5.74) is -0.629. The molecule has 1 aliphatic heterocycles. The van der Waals surface area contributed by atoms with Crippen LogP contribution < -0.4 is 0 Å². The molecule has 4 heteroatoms. The van der Waals surface area contributed by atoms with E-state index in [-0.39, 0.29) is 5.97 Å². The maximum absolute atomic E-state index is 11.5. The molecule has 1 aliphatic rings. The van der Waals surface area contributed by atoms with E-state index >= 15 is 0 Å². The standard InChI is InChI=1S/C10H18O4/c1-6-12-8(11)7-9(2,3)14-10(4,5)13-7/h7H,6H2,1-5H3. The van der Waals surface area contributed by atoms with Crippen LogP contribution >= 0.6 is 0 Å². The molecule has 0 N–H and O–H groups in total. The summed E-state index contributed by atoms with van der Waals surface area (Å²) in [5.74, 6) is -1.08. The van der Waals surface area contributed by atoms with E-state index in [0.717, 1.165) is 0 Å². The average molecular weight is 202 g/mol. The first kappa shape index (κ1) is 11.5. The van der Waals surface area contributed by atoms with Crippen molar-refractivity contribution in [1.29, 1.82) is 0 Å². The van der Waals surface area contributed by atoms with Crippen LogP contribution in [0.15, 0.2) is 0 Å². The monoisotopic (exact) mass is 202 g/mol. The third-order valence-corrected chi connectivity index (χ3v) is 2.04. The van der Waals surface area contributed by atoms with E-state index in [1.807, 2.05) is 13.8 Å². The van der Waals surface area contributed by atoms with Gasteiger partial charge >= 0.3 is 5.97 Å². The van der Waals surface area contributed by atoms with Gasteiger partial charge in [0.25, 0.3) is 0 Å². The van der Waals surface area contributed by atoms with Crippen LogP contribution in [0.25, 0.3) is 0 Å². The average Bonchev–Trinajstić information content (AvgIpc) is 2.19. The lowest BCUT2D eigenvalue weighted by molar-refractivity contribution is -0.171. The number of hydrogen-bond acceptors (Lipinski definition) is 4. The molecule has 1 rings (SSSR count). The van der Waals surface area contributed by atoms with Gasteiger partial charge in [-0.1, -0.05) is 0 Å². The third kappa shape index (κ3) is 2.25. The molecule has 4 nitrogen and oxygen atoms in total. The highest BCUT2D eigenvalue weighted by atomic mass is 16.8. The van der Waals surface area contributed by atoms with Crippen LogP contribution in [0.5, 0.6) is 0 Å². The topological polar surface area (TPSA) is 44.8 Å². The van der Waals surface area contributed by atoms with E-state index in [2.05, 4.69) is 0 Å². The maximum Gasteiger partial charge on any atom is 0.338 e. The first-order chi connectivity index (χ1) is 6.28. The summed E-state index contributed by atoms with van der Waals surface area (Å²) >= 11 is 0. The fourth-order valence-electron chi connectivity index (χ4n) is 1.69. The first-order valence-electron chi connectivity index (χ1n) is 4.83. The van der Waals surface area contributed by atoms with Crippen molar-refractivity contribution in [2.24, 2.45) is 0 Å². The zero-order valence-corrected chi connectivity index (χ0v) is 9.42. The van der Waals surface area contributed by atoms with E-state index in [1.54, 1.807) is 20.8 Å². The highest BCUT2D eigenvalue weighted by molar-refractivity contribution is 5.76. The van der Waals surface area contributed by atoms with Crippen LogP contribution in [-0.2, 0) is 19.0 Å². The van der Waals surface area contributed by atoms with Crippen LogP contribution in [0.4, 0.5) is 0 Å². The van der Waals surface area contributed by atoms with Gasteiger partial charge in [-0.05, 0) is 34.6 Å². The molecule has 0 saturated carbocycles. The van der Waals surface area contributed by atoms with Gasteiger partial charge < -0.3 is 14.2 Å².